The molecule has 2 rings (SSSR count). The van der Waals surface area contributed by atoms with E-state index in [1.807, 2.05) is 44.2 Å². The SMILES string of the molecule is CCNC(=NCCC(=O)NCc1ccccc1)N1CCCC(C(=O)OCC)C1.I. The predicted octanol–water partition coefficient (Wildman–Crippen LogP) is 2.55. The van der Waals surface area contributed by atoms with Gasteiger partial charge in [0.05, 0.1) is 19.1 Å². The lowest BCUT2D eigenvalue weighted by atomic mass is 9.98. The van der Waals surface area contributed by atoms with Gasteiger partial charge in [-0.3, -0.25) is 14.6 Å². The molecule has 1 aromatic carbocycles. The summed E-state index contributed by atoms with van der Waals surface area (Å²) in [5, 5.41) is 6.18. The summed E-state index contributed by atoms with van der Waals surface area (Å²) in [4.78, 5) is 30.8. The fourth-order valence-corrected chi connectivity index (χ4v) is 3.20. The van der Waals surface area contributed by atoms with E-state index in [0.29, 0.717) is 32.7 Å². The predicted molar refractivity (Wildman–Crippen MR) is 125 cm³/mol. The molecule has 1 aliphatic rings. The second kappa shape index (κ2) is 14.2. The Hall–Kier alpha value is -1.84. The summed E-state index contributed by atoms with van der Waals surface area (Å²) < 4.78 is 5.17. The van der Waals surface area contributed by atoms with Crippen molar-refractivity contribution < 1.29 is 14.3 Å². The number of rotatable bonds is 8. The van der Waals surface area contributed by atoms with Crippen LogP contribution < -0.4 is 10.6 Å². The highest BCUT2D eigenvalue weighted by Crippen LogP contribution is 2.18. The third-order valence-corrected chi connectivity index (χ3v) is 4.61. The van der Waals surface area contributed by atoms with Crippen molar-refractivity contribution >= 4 is 41.8 Å². The van der Waals surface area contributed by atoms with E-state index in [9.17, 15) is 9.59 Å². The van der Waals surface area contributed by atoms with Gasteiger partial charge in [-0.2, -0.15) is 0 Å². The van der Waals surface area contributed by atoms with Crippen LogP contribution >= 0.6 is 24.0 Å². The van der Waals surface area contributed by atoms with Gasteiger partial charge in [0.2, 0.25) is 5.91 Å². The van der Waals surface area contributed by atoms with Gasteiger partial charge in [-0.15, -0.1) is 24.0 Å². The molecule has 1 aliphatic heterocycles. The van der Waals surface area contributed by atoms with Crippen LogP contribution in [0.1, 0.15) is 38.7 Å². The van der Waals surface area contributed by atoms with Crippen molar-refractivity contribution in [3.8, 4) is 0 Å². The average Bonchev–Trinajstić information content (AvgIpc) is 2.72. The van der Waals surface area contributed by atoms with Crippen LogP contribution in [0.25, 0.3) is 0 Å². The lowest BCUT2D eigenvalue weighted by Gasteiger charge is -2.34. The Balaban J connectivity index is 0.00000420. The molecule has 1 aromatic rings. The first-order valence-electron chi connectivity index (χ1n) is 10.1. The lowest BCUT2D eigenvalue weighted by Crippen LogP contribution is -2.48. The highest BCUT2D eigenvalue weighted by atomic mass is 127. The quantitative estimate of drug-likeness (QED) is 0.240. The lowest BCUT2D eigenvalue weighted by molar-refractivity contribution is -0.149. The molecule has 7 nitrogen and oxygen atoms in total. The van der Waals surface area contributed by atoms with Gasteiger partial charge >= 0.3 is 5.97 Å². The molecular weight excluding hydrogens is 483 g/mol. The van der Waals surface area contributed by atoms with E-state index in [1.54, 1.807) is 0 Å². The van der Waals surface area contributed by atoms with E-state index >= 15 is 0 Å². The van der Waals surface area contributed by atoms with Crippen LogP contribution in [0.15, 0.2) is 35.3 Å². The van der Waals surface area contributed by atoms with Gasteiger partial charge in [-0.1, -0.05) is 30.3 Å². The van der Waals surface area contributed by atoms with Crippen molar-refractivity contribution in [3.63, 3.8) is 0 Å². The highest BCUT2D eigenvalue weighted by molar-refractivity contribution is 14.0. The van der Waals surface area contributed by atoms with Crippen LogP contribution in [0.3, 0.4) is 0 Å². The summed E-state index contributed by atoms with van der Waals surface area (Å²) in [6.45, 7) is 7.36. The number of esters is 1. The van der Waals surface area contributed by atoms with E-state index in [0.717, 1.165) is 37.5 Å². The number of nitrogens with zero attached hydrogens (tertiary/aromatic N) is 2. The molecule has 0 saturated carbocycles. The number of aliphatic imine (C=N–C) groups is 1. The van der Waals surface area contributed by atoms with E-state index in [-0.39, 0.29) is 41.8 Å². The normalized spacial score (nSPS) is 16.6. The molecule has 0 bridgehead atoms. The van der Waals surface area contributed by atoms with Gasteiger partial charge in [-0.05, 0) is 32.3 Å². The molecule has 29 heavy (non-hydrogen) atoms. The van der Waals surface area contributed by atoms with Gasteiger partial charge < -0.3 is 20.3 Å². The second-order valence-corrected chi connectivity index (χ2v) is 6.79. The molecule has 0 radical (unpaired) electrons. The summed E-state index contributed by atoms with van der Waals surface area (Å²) in [5.74, 6) is 0.480. The van der Waals surface area contributed by atoms with E-state index in [1.165, 1.54) is 0 Å². The first kappa shape index (κ1) is 25.2. The molecule has 1 unspecified atom stereocenters. The standard InChI is InChI=1S/C21H32N4O3.HI/c1-3-22-21(25-14-8-11-18(16-25)20(27)28-4-2)23-13-12-19(26)24-15-17-9-6-5-7-10-17;/h5-7,9-10,18H,3-4,8,11-16H2,1-2H3,(H,22,23)(H,24,26);1H. The second-order valence-electron chi connectivity index (χ2n) is 6.79. The van der Waals surface area contributed by atoms with Gasteiger partial charge in [0.1, 0.15) is 0 Å². The number of piperidine rings is 1. The number of guanidine groups is 1. The Morgan fingerprint density at radius 2 is 1.97 bits per heavy atom. The number of hydrogen-bond acceptors (Lipinski definition) is 4. The van der Waals surface area contributed by atoms with Crippen LogP contribution in [-0.2, 0) is 20.9 Å². The van der Waals surface area contributed by atoms with Crippen LogP contribution in [0.2, 0.25) is 0 Å². The van der Waals surface area contributed by atoms with Crippen molar-refractivity contribution in [1.29, 1.82) is 0 Å². The third kappa shape index (κ3) is 9.01. The van der Waals surface area contributed by atoms with E-state index in [2.05, 4.69) is 20.5 Å². The Morgan fingerprint density at radius 3 is 2.66 bits per heavy atom. The number of likely N-dealkylation sites (tertiary alicyclic amines) is 1. The number of nitrogens with one attached hydrogen (secondary N) is 2. The van der Waals surface area contributed by atoms with Crippen molar-refractivity contribution in [3.05, 3.63) is 35.9 Å². The highest BCUT2D eigenvalue weighted by Gasteiger charge is 2.28. The van der Waals surface area contributed by atoms with E-state index in [4.69, 9.17) is 4.74 Å². The fraction of sp³-hybridized carbons (Fsp3) is 0.571. The van der Waals surface area contributed by atoms with Crippen LogP contribution in [0.5, 0.6) is 0 Å². The number of halogens is 1. The largest absolute Gasteiger partial charge is 0.466 e. The minimum Gasteiger partial charge on any atom is -0.466 e. The zero-order valence-electron chi connectivity index (χ0n) is 17.4. The molecule has 0 spiro atoms. The van der Waals surface area contributed by atoms with Gasteiger partial charge in [0.25, 0.3) is 0 Å². The monoisotopic (exact) mass is 516 g/mol. The average molecular weight is 516 g/mol. The first-order valence-corrected chi connectivity index (χ1v) is 10.1. The number of ether oxygens (including phenoxy) is 1. The molecule has 1 amide bonds. The molecule has 162 valence electrons. The molecule has 0 aromatic heterocycles. The molecule has 2 N–H and O–H groups in total. The Kier molecular flexibility index (Phi) is 12.3. The van der Waals surface area contributed by atoms with Gasteiger partial charge in [-0.25, -0.2) is 0 Å². The number of carbonyl (C=O) groups is 2. The Bertz CT molecular complexity index is 655. The summed E-state index contributed by atoms with van der Waals surface area (Å²) in [6.07, 6.45) is 2.10. The topological polar surface area (TPSA) is 83.0 Å². The minimum atomic E-state index is -0.136. The minimum absolute atomic E-state index is 0. The zero-order chi connectivity index (χ0) is 20.2. The zero-order valence-corrected chi connectivity index (χ0v) is 19.7. The number of hydrogen-bond donors (Lipinski definition) is 2. The summed E-state index contributed by atoms with van der Waals surface area (Å²) in [6, 6.07) is 9.83. The first-order chi connectivity index (χ1) is 13.6. The maximum Gasteiger partial charge on any atom is 0.310 e. The molecular formula is C21H33IN4O3. The Labute approximate surface area is 190 Å². The van der Waals surface area contributed by atoms with Gasteiger partial charge in [0.15, 0.2) is 5.96 Å². The molecule has 1 fully saturated rings. The van der Waals surface area contributed by atoms with Crippen LogP contribution in [-0.4, -0.2) is 55.5 Å². The molecule has 8 heteroatoms. The van der Waals surface area contributed by atoms with Crippen molar-refractivity contribution in [1.82, 2.24) is 15.5 Å². The van der Waals surface area contributed by atoms with E-state index < -0.39 is 0 Å². The Morgan fingerprint density at radius 1 is 1.21 bits per heavy atom. The number of amides is 1. The molecule has 1 saturated heterocycles. The van der Waals surface area contributed by atoms with Crippen molar-refractivity contribution in [2.24, 2.45) is 10.9 Å². The van der Waals surface area contributed by atoms with Crippen LogP contribution in [0, 0.1) is 5.92 Å². The summed E-state index contributed by atoms with van der Waals surface area (Å²) in [5.41, 5.74) is 1.08. The third-order valence-electron chi connectivity index (χ3n) is 4.61. The fourth-order valence-electron chi connectivity index (χ4n) is 3.20. The maximum atomic E-state index is 12.1. The van der Waals surface area contributed by atoms with Crippen molar-refractivity contribution in [2.75, 3.05) is 32.8 Å². The van der Waals surface area contributed by atoms with Gasteiger partial charge in [0, 0.05) is 32.6 Å². The summed E-state index contributed by atoms with van der Waals surface area (Å²) in [7, 11) is 0. The molecule has 1 heterocycles. The smallest absolute Gasteiger partial charge is 0.310 e. The summed E-state index contributed by atoms with van der Waals surface area (Å²) >= 11 is 0. The van der Waals surface area contributed by atoms with Crippen LogP contribution in [0.4, 0.5) is 0 Å². The molecule has 1 atom stereocenters. The van der Waals surface area contributed by atoms with Crippen molar-refractivity contribution in [2.45, 2.75) is 39.7 Å². The number of carbonyl (C=O) groups excluding carboxylic acids is 2. The molecule has 0 aliphatic carbocycles. The number of benzene rings is 1. The maximum absolute atomic E-state index is 12.1.